The zero-order chi connectivity index (χ0) is 18.9. The summed E-state index contributed by atoms with van der Waals surface area (Å²) in [6.45, 7) is 2.61. The molecule has 1 aromatic heterocycles. The number of benzene rings is 2. The normalized spacial score (nSPS) is 11.6. The standard InChI is InChI=1S/C18H19N3O4S/c1-12-3-5-15-13(11-20-16(15)9-12)7-8-19-14-4-6-17(21(22)23)18(10-14)26(2,24)25/h3-6,9-11,19-20H,7-8H2,1-2H3. The lowest BCUT2D eigenvalue weighted by Crippen LogP contribution is -2.07. The van der Waals surface area contributed by atoms with Crippen molar-refractivity contribution in [3.05, 3.63) is 63.8 Å². The number of rotatable bonds is 6. The van der Waals surface area contributed by atoms with Crippen molar-refractivity contribution in [2.45, 2.75) is 18.2 Å². The van der Waals surface area contributed by atoms with Crippen LogP contribution in [-0.2, 0) is 16.3 Å². The third-order valence-electron chi connectivity index (χ3n) is 4.20. The van der Waals surface area contributed by atoms with Gasteiger partial charge in [-0.25, -0.2) is 8.42 Å². The maximum absolute atomic E-state index is 11.8. The first-order valence-electron chi connectivity index (χ1n) is 8.04. The molecule has 0 bridgehead atoms. The zero-order valence-electron chi connectivity index (χ0n) is 14.4. The van der Waals surface area contributed by atoms with Crippen molar-refractivity contribution in [2.24, 2.45) is 0 Å². The number of aromatic amines is 1. The molecule has 1 heterocycles. The van der Waals surface area contributed by atoms with Crippen LogP contribution in [0.4, 0.5) is 11.4 Å². The summed E-state index contributed by atoms with van der Waals surface area (Å²) in [6.07, 6.45) is 3.66. The number of nitro benzene ring substituents is 1. The maximum atomic E-state index is 11.8. The second-order valence-electron chi connectivity index (χ2n) is 6.25. The van der Waals surface area contributed by atoms with Crippen LogP contribution in [0.25, 0.3) is 10.9 Å². The second kappa shape index (κ2) is 6.80. The number of nitrogens with zero attached hydrogens (tertiary/aromatic N) is 1. The Morgan fingerprint density at radius 3 is 2.65 bits per heavy atom. The Kier molecular flexibility index (Phi) is 4.69. The maximum Gasteiger partial charge on any atom is 0.288 e. The van der Waals surface area contributed by atoms with Crippen LogP contribution in [0.2, 0.25) is 0 Å². The van der Waals surface area contributed by atoms with Crippen molar-refractivity contribution >= 4 is 32.1 Å². The molecule has 0 unspecified atom stereocenters. The fourth-order valence-electron chi connectivity index (χ4n) is 2.92. The zero-order valence-corrected chi connectivity index (χ0v) is 15.3. The number of H-pyrrole nitrogens is 1. The summed E-state index contributed by atoms with van der Waals surface area (Å²) in [7, 11) is -3.69. The summed E-state index contributed by atoms with van der Waals surface area (Å²) < 4.78 is 23.6. The molecule has 2 aromatic carbocycles. The van der Waals surface area contributed by atoms with Gasteiger partial charge in [-0.15, -0.1) is 0 Å². The molecule has 0 aliphatic heterocycles. The van der Waals surface area contributed by atoms with Gasteiger partial charge in [0.05, 0.1) is 4.92 Å². The third kappa shape index (κ3) is 3.70. The van der Waals surface area contributed by atoms with E-state index in [1.54, 1.807) is 0 Å². The highest BCUT2D eigenvalue weighted by molar-refractivity contribution is 7.90. The van der Waals surface area contributed by atoms with Crippen LogP contribution < -0.4 is 5.32 Å². The number of sulfone groups is 1. The van der Waals surface area contributed by atoms with Crippen LogP contribution in [0.15, 0.2) is 47.5 Å². The highest BCUT2D eigenvalue weighted by Crippen LogP contribution is 2.27. The minimum absolute atomic E-state index is 0.282. The first kappa shape index (κ1) is 17.9. The van der Waals surface area contributed by atoms with Gasteiger partial charge < -0.3 is 10.3 Å². The minimum atomic E-state index is -3.69. The molecule has 26 heavy (non-hydrogen) atoms. The molecule has 0 fully saturated rings. The quantitative estimate of drug-likeness (QED) is 0.509. The first-order chi connectivity index (χ1) is 12.3. The molecule has 0 radical (unpaired) electrons. The minimum Gasteiger partial charge on any atom is -0.385 e. The fraction of sp³-hybridized carbons (Fsp3) is 0.222. The Morgan fingerprint density at radius 2 is 1.96 bits per heavy atom. The molecular formula is C18H19N3O4S. The van der Waals surface area contributed by atoms with Crippen LogP contribution >= 0.6 is 0 Å². The predicted molar refractivity (Wildman–Crippen MR) is 101 cm³/mol. The van der Waals surface area contributed by atoms with E-state index in [-0.39, 0.29) is 4.90 Å². The lowest BCUT2D eigenvalue weighted by molar-refractivity contribution is -0.387. The Labute approximate surface area is 151 Å². The van der Waals surface area contributed by atoms with Gasteiger partial charge in [0.25, 0.3) is 5.69 Å². The molecule has 136 valence electrons. The molecule has 0 saturated carbocycles. The van der Waals surface area contributed by atoms with E-state index in [1.807, 2.05) is 13.1 Å². The highest BCUT2D eigenvalue weighted by atomic mass is 32.2. The second-order valence-corrected chi connectivity index (χ2v) is 8.24. The van der Waals surface area contributed by atoms with Gasteiger partial charge in [0.1, 0.15) is 4.90 Å². The van der Waals surface area contributed by atoms with Crippen LogP contribution in [0.5, 0.6) is 0 Å². The van der Waals surface area contributed by atoms with Crippen molar-refractivity contribution < 1.29 is 13.3 Å². The number of fused-ring (bicyclic) bond motifs is 1. The van der Waals surface area contributed by atoms with E-state index in [0.29, 0.717) is 12.2 Å². The Hall–Kier alpha value is -2.87. The van der Waals surface area contributed by atoms with Crippen LogP contribution in [0.3, 0.4) is 0 Å². The molecule has 0 atom stereocenters. The molecule has 0 amide bonds. The van der Waals surface area contributed by atoms with E-state index < -0.39 is 20.4 Å². The fourth-order valence-corrected chi connectivity index (χ4v) is 3.78. The van der Waals surface area contributed by atoms with Crippen LogP contribution in [0.1, 0.15) is 11.1 Å². The molecule has 0 spiro atoms. The van der Waals surface area contributed by atoms with E-state index >= 15 is 0 Å². The van der Waals surface area contributed by atoms with Crippen molar-refractivity contribution in [3.8, 4) is 0 Å². The van der Waals surface area contributed by atoms with E-state index in [4.69, 9.17) is 0 Å². The van der Waals surface area contributed by atoms with Crippen molar-refractivity contribution in [3.63, 3.8) is 0 Å². The van der Waals surface area contributed by atoms with Gasteiger partial charge in [0.15, 0.2) is 9.84 Å². The summed E-state index contributed by atoms with van der Waals surface area (Å²) in [6, 6.07) is 10.3. The van der Waals surface area contributed by atoms with Gasteiger partial charge in [-0.3, -0.25) is 10.1 Å². The lowest BCUT2D eigenvalue weighted by atomic mass is 10.1. The van der Waals surface area contributed by atoms with Crippen molar-refractivity contribution in [1.82, 2.24) is 4.98 Å². The summed E-state index contributed by atoms with van der Waals surface area (Å²) >= 11 is 0. The monoisotopic (exact) mass is 373 g/mol. The van der Waals surface area contributed by atoms with Gasteiger partial charge in [-0.05, 0) is 42.7 Å². The number of aromatic nitrogens is 1. The molecule has 3 rings (SSSR count). The number of nitro groups is 1. The number of aryl methyl sites for hydroxylation is 1. The average Bonchev–Trinajstić information content (AvgIpc) is 2.96. The molecule has 0 saturated heterocycles. The SMILES string of the molecule is Cc1ccc2c(CCNc3ccc([N+](=O)[O-])c(S(C)(=O)=O)c3)c[nH]c2c1. The highest BCUT2D eigenvalue weighted by Gasteiger charge is 2.22. The lowest BCUT2D eigenvalue weighted by Gasteiger charge is -2.08. The summed E-state index contributed by atoms with van der Waals surface area (Å²) in [5.41, 5.74) is 3.53. The number of nitrogens with one attached hydrogen (secondary N) is 2. The van der Waals surface area contributed by atoms with Gasteiger partial charge in [-0.2, -0.15) is 0 Å². The molecule has 3 aromatic rings. The smallest absolute Gasteiger partial charge is 0.288 e. The van der Waals surface area contributed by atoms with Crippen molar-refractivity contribution in [1.29, 1.82) is 0 Å². The molecular weight excluding hydrogens is 354 g/mol. The topological polar surface area (TPSA) is 105 Å². The molecule has 0 aliphatic carbocycles. The first-order valence-corrected chi connectivity index (χ1v) is 9.94. The Balaban J connectivity index is 1.76. The van der Waals surface area contributed by atoms with Gasteiger partial charge in [0, 0.05) is 41.7 Å². The van der Waals surface area contributed by atoms with E-state index in [1.165, 1.54) is 23.8 Å². The Bertz CT molecular complexity index is 1090. The van der Waals surface area contributed by atoms with E-state index in [0.717, 1.165) is 29.1 Å². The molecule has 2 N–H and O–H groups in total. The van der Waals surface area contributed by atoms with Crippen LogP contribution in [-0.4, -0.2) is 31.1 Å². The van der Waals surface area contributed by atoms with Crippen molar-refractivity contribution in [2.75, 3.05) is 18.1 Å². The van der Waals surface area contributed by atoms with Crippen LogP contribution in [0, 0.1) is 17.0 Å². The summed E-state index contributed by atoms with van der Waals surface area (Å²) in [4.78, 5) is 13.3. The molecule has 0 aliphatic rings. The summed E-state index contributed by atoms with van der Waals surface area (Å²) in [5.74, 6) is 0. The van der Waals surface area contributed by atoms with Gasteiger partial charge >= 0.3 is 0 Å². The molecule has 8 heteroatoms. The number of hydrogen-bond donors (Lipinski definition) is 2. The third-order valence-corrected chi connectivity index (χ3v) is 5.33. The number of hydrogen-bond acceptors (Lipinski definition) is 5. The van der Waals surface area contributed by atoms with Gasteiger partial charge in [0.2, 0.25) is 0 Å². The van der Waals surface area contributed by atoms with E-state index in [9.17, 15) is 18.5 Å². The average molecular weight is 373 g/mol. The predicted octanol–water partition coefficient (Wildman–Crippen LogP) is 3.44. The van der Waals surface area contributed by atoms with E-state index in [2.05, 4.69) is 28.5 Å². The largest absolute Gasteiger partial charge is 0.385 e. The van der Waals surface area contributed by atoms with Gasteiger partial charge in [-0.1, -0.05) is 12.1 Å². The summed E-state index contributed by atoms with van der Waals surface area (Å²) in [5, 5.41) is 15.3. The Morgan fingerprint density at radius 1 is 1.19 bits per heavy atom. The number of anilines is 1. The molecule has 7 nitrogen and oxygen atoms in total.